The minimum Gasteiger partial charge on any atom is -0.375 e. The molecule has 1 amide bonds. The molecule has 0 aromatic carbocycles. The van der Waals surface area contributed by atoms with Crippen LogP contribution < -0.4 is 0 Å². The van der Waals surface area contributed by atoms with Crippen molar-refractivity contribution >= 4 is 5.91 Å². The Morgan fingerprint density at radius 1 is 1.26 bits per heavy atom. The first kappa shape index (κ1) is 15.6. The molecule has 0 aliphatic carbocycles. The van der Waals surface area contributed by atoms with Gasteiger partial charge in [0.15, 0.2) is 0 Å². The maximum atomic E-state index is 12.7. The van der Waals surface area contributed by atoms with Crippen LogP contribution in [0.3, 0.4) is 0 Å². The second-order valence-corrected chi connectivity index (χ2v) is 5.61. The van der Waals surface area contributed by atoms with E-state index in [4.69, 9.17) is 4.74 Å². The van der Waals surface area contributed by atoms with E-state index in [0.717, 1.165) is 17.2 Å². The fourth-order valence-electron chi connectivity index (χ4n) is 2.81. The van der Waals surface area contributed by atoms with Crippen molar-refractivity contribution in [2.45, 2.75) is 40.0 Å². The summed E-state index contributed by atoms with van der Waals surface area (Å²) in [6, 6.07) is -0.102. The second kappa shape index (κ2) is 6.45. The molecule has 0 bridgehead atoms. The second-order valence-electron chi connectivity index (χ2n) is 5.61. The summed E-state index contributed by atoms with van der Waals surface area (Å²) in [6.45, 7) is 8.37. The minimum atomic E-state index is -0.106. The molecule has 1 atom stereocenters. The van der Waals surface area contributed by atoms with Gasteiger partial charge in [0.25, 0.3) is 5.91 Å². The third-order valence-electron chi connectivity index (χ3n) is 4.09. The standard InChI is InChI=1S/C16H21N5O2/c1-4-23-10-13-8-19-15-12(3)20(5-6-21(13)15)16(22)14-9-17-11(2)7-18-14/h7-9,12H,4-6,10H2,1-3H3/t12-/m0/s1. The Bertz CT molecular complexity index is 695. The number of aryl methyl sites for hydroxylation is 1. The summed E-state index contributed by atoms with van der Waals surface area (Å²) >= 11 is 0. The number of imidazole rings is 1. The first-order valence-corrected chi connectivity index (χ1v) is 7.83. The molecule has 2 aromatic rings. The lowest BCUT2D eigenvalue weighted by atomic mass is 10.2. The van der Waals surface area contributed by atoms with E-state index in [1.807, 2.05) is 27.0 Å². The average molecular weight is 315 g/mol. The van der Waals surface area contributed by atoms with Crippen LogP contribution in [0.25, 0.3) is 0 Å². The molecule has 0 saturated heterocycles. The summed E-state index contributed by atoms with van der Waals surface area (Å²) in [5.41, 5.74) is 2.22. The number of ether oxygens (including phenoxy) is 1. The van der Waals surface area contributed by atoms with Crippen molar-refractivity contribution in [2.75, 3.05) is 13.2 Å². The number of carbonyl (C=O) groups is 1. The Labute approximate surface area is 135 Å². The molecule has 1 aliphatic rings. The van der Waals surface area contributed by atoms with E-state index >= 15 is 0 Å². The average Bonchev–Trinajstić information content (AvgIpc) is 2.97. The Morgan fingerprint density at radius 3 is 2.78 bits per heavy atom. The van der Waals surface area contributed by atoms with Crippen molar-refractivity contribution in [3.05, 3.63) is 41.5 Å². The first-order valence-electron chi connectivity index (χ1n) is 7.83. The fraction of sp³-hybridized carbons (Fsp3) is 0.500. The molecule has 0 spiro atoms. The number of nitrogens with zero attached hydrogens (tertiary/aromatic N) is 5. The molecule has 122 valence electrons. The molecule has 2 aromatic heterocycles. The Kier molecular flexibility index (Phi) is 4.38. The Balaban J connectivity index is 1.80. The van der Waals surface area contributed by atoms with E-state index in [9.17, 15) is 4.79 Å². The van der Waals surface area contributed by atoms with Gasteiger partial charge in [0.1, 0.15) is 11.5 Å². The van der Waals surface area contributed by atoms with E-state index in [1.54, 1.807) is 11.1 Å². The molecular weight excluding hydrogens is 294 g/mol. The van der Waals surface area contributed by atoms with Crippen molar-refractivity contribution in [2.24, 2.45) is 0 Å². The molecule has 7 heteroatoms. The van der Waals surface area contributed by atoms with Gasteiger partial charge < -0.3 is 14.2 Å². The molecule has 3 heterocycles. The highest BCUT2D eigenvalue weighted by atomic mass is 16.5. The summed E-state index contributed by atoms with van der Waals surface area (Å²) < 4.78 is 7.62. The largest absolute Gasteiger partial charge is 0.375 e. The molecular formula is C16H21N5O2. The molecule has 0 saturated carbocycles. The van der Waals surface area contributed by atoms with Crippen LogP contribution in [0.5, 0.6) is 0 Å². The summed E-state index contributed by atoms with van der Waals surface area (Å²) in [5.74, 6) is 0.782. The molecule has 0 unspecified atom stereocenters. The number of hydrogen-bond acceptors (Lipinski definition) is 5. The predicted molar refractivity (Wildman–Crippen MR) is 83.8 cm³/mol. The van der Waals surface area contributed by atoms with Crippen LogP contribution in [0.1, 0.15) is 47.6 Å². The molecule has 0 N–H and O–H groups in total. The van der Waals surface area contributed by atoms with Crippen LogP contribution in [-0.4, -0.2) is 43.5 Å². The van der Waals surface area contributed by atoms with Gasteiger partial charge in [-0.15, -0.1) is 0 Å². The Hall–Kier alpha value is -2.28. The predicted octanol–water partition coefficient (Wildman–Crippen LogP) is 1.74. The zero-order valence-corrected chi connectivity index (χ0v) is 13.7. The maximum Gasteiger partial charge on any atom is 0.274 e. The van der Waals surface area contributed by atoms with E-state index < -0.39 is 0 Å². The zero-order chi connectivity index (χ0) is 16.4. The van der Waals surface area contributed by atoms with Crippen molar-refractivity contribution in [1.82, 2.24) is 24.4 Å². The normalized spacial score (nSPS) is 17.2. The molecule has 0 radical (unpaired) electrons. The molecule has 1 aliphatic heterocycles. The fourth-order valence-corrected chi connectivity index (χ4v) is 2.81. The lowest BCUT2D eigenvalue weighted by Gasteiger charge is -2.34. The first-order chi connectivity index (χ1) is 11.1. The van der Waals surface area contributed by atoms with E-state index in [2.05, 4.69) is 19.5 Å². The van der Waals surface area contributed by atoms with E-state index in [-0.39, 0.29) is 11.9 Å². The molecule has 0 fully saturated rings. The third kappa shape index (κ3) is 2.96. The summed E-state index contributed by atoms with van der Waals surface area (Å²) in [7, 11) is 0. The molecule has 3 rings (SSSR count). The SMILES string of the molecule is CCOCc1cnc2n1CCN(C(=O)c1cnc(C)cn1)[C@H]2C. The highest BCUT2D eigenvalue weighted by Gasteiger charge is 2.31. The smallest absolute Gasteiger partial charge is 0.274 e. The molecule has 7 nitrogen and oxygen atoms in total. The quantitative estimate of drug-likeness (QED) is 0.859. The van der Waals surface area contributed by atoms with Crippen LogP contribution in [-0.2, 0) is 17.9 Å². The maximum absolute atomic E-state index is 12.7. The zero-order valence-electron chi connectivity index (χ0n) is 13.7. The van der Waals surface area contributed by atoms with Crippen molar-refractivity contribution in [3.63, 3.8) is 0 Å². The van der Waals surface area contributed by atoms with Crippen LogP contribution in [0.4, 0.5) is 0 Å². The minimum absolute atomic E-state index is 0.102. The lowest BCUT2D eigenvalue weighted by Crippen LogP contribution is -2.42. The molecule has 23 heavy (non-hydrogen) atoms. The highest BCUT2D eigenvalue weighted by Crippen LogP contribution is 2.26. The van der Waals surface area contributed by atoms with Crippen molar-refractivity contribution in [3.8, 4) is 0 Å². The van der Waals surface area contributed by atoms with Gasteiger partial charge in [0.2, 0.25) is 0 Å². The number of amides is 1. The number of fused-ring (bicyclic) bond motifs is 1. The lowest BCUT2D eigenvalue weighted by molar-refractivity contribution is 0.0623. The van der Waals surface area contributed by atoms with Gasteiger partial charge in [-0.2, -0.15) is 0 Å². The topological polar surface area (TPSA) is 73.1 Å². The van der Waals surface area contributed by atoms with Crippen LogP contribution in [0.15, 0.2) is 18.6 Å². The summed E-state index contributed by atoms with van der Waals surface area (Å²) in [4.78, 5) is 27.3. The Morgan fingerprint density at radius 2 is 2.09 bits per heavy atom. The number of carbonyl (C=O) groups excluding carboxylic acids is 1. The van der Waals surface area contributed by atoms with Gasteiger partial charge in [-0.05, 0) is 20.8 Å². The number of rotatable bonds is 4. The number of hydrogen-bond donors (Lipinski definition) is 0. The summed E-state index contributed by atoms with van der Waals surface area (Å²) in [5, 5.41) is 0. The van der Waals surface area contributed by atoms with Crippen molar-refractivity contribution < 1.29 is 9.53 Å². The van der Waals surface area contributed by atoms with Gasteiger partial charge >= 0.3 is 0 Å². The van der Waals surface area contributed by atoms with Crippen LogP contribution >= 0.6 is 0 Å². The van der Waals surface area contributed by atoms with Gasteiger partial charge in [0.05, 0.1) is 36.4 Å². The highest BCUT2D eigenvalue weighted by molar-refractivity contribution is 5.92. The van der Waals surface area contributed by atoms with Crippen molar-refractivity contribution in [1.29, 1.82) is 0 Å². The van der Waals surface area contributed by atoms with E-state index in [1.165, 1.54) is 6.20 Å². The van der Waals surface area contributed by atoms with Gasteiger partial charge in [-0.25, -0.2) is 9.97 Å². The number of aromatic nitrogens is 4. The summed E-state index contributed by atoms with van der Waals surface area (Å²) in [6.07, 6.45) is 4.98. The van der Waals surface area contributed by atoms with Crippen LogP contribution in [0.2, 0.25) is 0 Å². The van der Waals surface area contributed by atoms with Gasteiger partial charge in [-0.3, -0.25) is 9.78 Å². The monoisotopic (exact) mass is 315 g/mol. The van der Waals surface area contributed by atoms with Gasteiger partial charge in [-0.1, -0.05) is 0 Å². The third-order valence-corrected chi connectivity index (χ3v) is 4.09. The van der Waals surface area contributed by atoms with E-state index in [0.29, 0.717) is 32.0 Å². The van der Waals surface area contributed by atoms with Crippen LogP contribution in [0, 0.1) is 6.92 Å². The van der Waals surface area contributed by atoms with Gasteiger partial charge in [0, 0.05) is 25.9 Å².